The predicted octanol–water partition coefficient (Wildman–Crippen LogP) is -2.72. The predicted molar refractivity (Wildman–Crippen MR) is 132 cm³/mol. The first-order valence-electron chi connectivity index (χ1n) is 11.7. The van der Waals surface area contributed by atoms with E-state index in [1.165, 1.54) is 24.3 Å². The van der Waals surface area contributed by atoms with Crippen molar-refractivity contribution in [2.24, 2.45) is 17.2 Å². The number of carbonyl (C=O) groups excluding carboxylic acids is 4. The molecule has 0 saturated heterocycles. The Labute approximate surface area is 218 Å². The van der Waals surface area contributed by atoms with Crippen molar-refractivity contribution in [1.82, 2.24) is 16.0 Å². The minimum atomic E-state index is -1.69. The first-order chi connectivity index (χ1) is 17.8. The SMILES string of the molecule is NCCCCC(NC(=O)C(CC(=O)O)NC(=O)C(Cc1ccc(O)cc1)NC(=O)C(N)CC(N)=O)C(=O)O. The third-order valence-electron chi connectivity index (χ3n) is 5.34. The molecule has 15 nitrogen and oxygen atoms in total. The monoisotopic (exact) mass is 538 g/mol. The van der Waals surface area contributed by atoms with Crippen LogP contribution >= 0.6 is 0 Å². The van der Waals surface area contributed by atoms with Crippen LogP contribution in [0.2, 0.25) is 0 Å². The Balaban J connectivity index is 3.12. The molecule has 0 aliphatic carbocycles. The van der Waals surface area contributed by atoms with Crippen LogP contribution in [0.25, 0.3) is 0 Å². The average molecular weight is 539 g/mol. The zero-order valence-corrected chi connectivity index (χ0v) is 20.6. The van der Waals surface area contributed by atoms with E-state index in [4.69, 9.17) is 17.2 Å². The lowest BCUT2D eigenvalue weighted by molar-refractivity contribution is -0.143. The molecule has 0 aliphatic heterocycles. The van der Waals surface area contributed by atoms with Gasteiger partial charge in [0.05, 0.1) is 18.9 Å². The molecule has 38 heavy (non-hydrogen) atoms. The highest BCUT2D eigenvalue weighted by Gasteiger charge is 2.32. The van der Waals surface area contributed by atoms with Crippen molar-refractivity contribution in [1.29, 1.82) is 0 Å². The number of carbonyl (C=O) groups is 6. The second-order valence-corrected chi connectivity index (χ2v) is 8.55. The Morgan fingerprint density at radius 2 is 1.34 bits per heavy atom. The van der Waals surface area contributed by atoms with E-state index in [-0.39, 0.29) is 18.6 Å². The second kappa shape index (κ2) is 15.8. The molecule has 0 saturated carbocycles. The number of hydrogen-bond donors (Lipinski definition) is 9. The van der Waals surface area contributed by atoms with E-state index < -0.39 is 72.6 Å². The number of nitrogens with one attached hydrogen (secondary N) is 3. The molecule has 1 aromatic rings. The lowest BCUT2D eigenvalue weighted by atomic mass is 10.0. The number of nitrogens with two attached hydrogens (primary N) is 3. The number of aliphatic carboxylic acids is 2. The third-order valence-corrected chi connectivity index (χ3v) is 5.34. The molecule has 1 aromatic carbocycles. The first-order valence-corrected chi connectivity index (χ1v) is 11.7. The Morgan fingerprint density at radius 1 is 0.789 bits per heavy atom. The molecule has 4 amide bonds. The van der Waals surface area contributed by atoms with Crippen LogP contribution in [0.5, 0.6) is 5.75 Å². The molecule has 15 heteroatoms. The van der Waals surface area contributed by atoms with Crippen LogP contribution in [0.3, 0.4) is 0 Å². The number of phenolic OH excluding ortho intramolecular Hbond substituents is 1. The Kier molecular flexibility index (Phi) is 13.2. The summed E-state index contributed by atoms with van der Waals surface area (Å²) in [5.41, 5.74) is 16.6. The Hall–Kier alpha value is -4.24. The summed E-state index contributed by atoms with van der Waals surface area (Å²) in [5.74, 6) is -6.66. The van der Waals surface area contributed by atoms with Crippen LogP contribution in [0.15, 0.2) is 24.3 Å². The molecule has 4 unspecified atom stereocenters. The highest BCUT2D eigenvalue weighted by atomic mass is 16.4. The van der Waals surface area contributed by atoms with Gasteiger partial charge in [0.25, 0.3) is 0 Å². The van der Waals surface area contributed by atoms with Crippen molar-refractivity contribution in [3.63, 3.8) is 0 Å². The molecule has 0 spiro atoms. The van der Waals surface area contributed by atoms with Crippen molar-refractivity contribution < 1.29 is 44.1 Å². The van der Waals surface area contributed by atoms with Gasteiger partial charge in [0.15, 0.2) is 0 Å². The third kappa shape index (κ3) is 11.7. The fourth-order valence-electron chi connectivity index (χ4n) is 3.34. The van der Waals surface area contributed by atoms with Crippen LogP contribution in [0.4, 0.5) is 0 Å². The highest BCUT2D eigenvalue weighted by Crippen LogP contribution is 2.12. The number of unbranched alkanes of at least 4 members (excludes halogenated alkanes) is 1. The van der Waals surface area contributed by atoms with Gasteiger partial charge in [0.1, 0.15) is 23.9 Å². The van der Waals surface area contributed by atoms with Gasteiger partial charge in [-0.1, -0.05) is 12.1 Å². The summed E-state index contributed by atoms with van der Waals surface area (Å²) < 4.78 is 0. The smallest absolute Gasteiger partial charge is 0.326 e. The van der Waals surface area contributed by atoms with Gasteiger partial charge in [0.2, 0.25) is 23.6 Å². The molecule has 0 bridgehead atoms. The molecule has 0 heterocycles. The van der Waals surface area contributed by atoms with E-state index in [0.717, 1.165) is 0 Å². The van der Waals surface area contributed by atoms with Crippen molar-refractivity contribution in [3.8, 4) is 5.75 Å². The molecule has 0 radical (unpaired) electrons. The van der Waals surface area contributed by atoms with Gasteiger partial charge in [0, 0.05) is 6.42 Å². The number of hydrogen-bond acceptors (Lipinski definition) is 9. The number of carboxylic acid groups (broad SMARTS) is 2. The molecule has 1 rings (SSSR count). The van der Waals surface area contributed by atoms with E-state index in [2.05, 4.69) is 16.0 Å². The molecule has 0 aromatic heterocycles. The van der Waals surface area contributed by atoms with E-state index in [9.17, 15) is 44.1 Å². The molecule has 0 fully saturated rings. The minimum absolute atomic E-state index is 0.0310. The Morgan fingerprint density at radius 3 is 1.87 bits per heavy atom. The summed E-state index contributed by atoms with van der Waals surface area (Å²) in [4.78, 5) is 72.4. The lowest BCUT2D eigenvalue weighted by Gasteiger charge is -2.24. The van der Waals surface area contributed by atoms with Gasteiger partial charge < -0.3 is 48.5 Å². The van der Waals surface area contributed by atoms with E-state index >= 15 is 0 Å². The zero-order chi connectivity index (χ0) is 28.8. The first kappa shape index (κ1) is 31.8. The maximum Gasteiger partial charge on any atom is 0.326 e. The summed E-state index contributed by atoms with van der Waals surface area (Å²) in [7, 11) is 0. The van der Waals surface area contributed by atoms with Crippen LogP contribution in [-0.4, -0.2) is 81.6 Å². The fraction of sp³-hybridized carbons (Fsp3) is 0.478. The molecule has 12 N–H and O–H groups in total. The quantitative estimate of drug-likeness (QED) is 0.0918. The van der Waals surface area contributed by atoms with Gasteiger partial charge in [-0.3, -0.25) is 24.0 Å². The van der Waals surface area contributed by atoms with Gasteiger partial charge in [-0.25, -0.2) is 4.79 Å². The number of rotatable bonds is 17. The number of carboxylic acids is 2. The van der Waals surface area contributed by atoms with E-state index in [0.29, 0.717) is 24.9 Å². The number of aromatic hydroxyl groups is 1. The summed E-state index contributed by atoms with van der Waals surface area (Å²) in [5, 5.41) is 34.9. The lowest BCUT2D eigenvalue weighted by Crippen LogP contribution is -2.58. The number of primary amides is 1. The highest BCUT2D eigenvalue weighted by molar-refractivity contribution is 5.96. The normalized spacial score (nSPS) is 13.8. The minimum Gasteiger partial charge on any atom is -0.508 e. The molecule has 0 aliphatic rings. The molecule has 4 atom stereocenters. The van der Waals surface area contributed by atoms with Crippen LogP contribution in [0.1, 0.15) is 37.7 Å². The van der Waals surface area contributed by atoms with Gasteiger partial charge in [-0.05, 0) is 43.5 Å². The average Bonchev–Trinajstić information content (AvgIpc) is 2.82. The van der Waals surface area contributed by atoms with Gasteiger partial charge in [-0.2, -0.15) is 0 Å². The van der Waals surface area contributed by atoms with E-state index in [1.54, 1.807) is 0 Å². The second-order valence-electron chi connectivity index (χ2n) is 8.55. The van der Waals surface area contributed by atoms with Crippen LogP contribution < -0.4 is 33.2 Å². The van der Waals surface area contributed by atoms with E-state index in [1.807, 2.05) is 0 Å². The largest absolute Gasteiger partial charge is 0.508 e. The standard InChI is InChI=1S/C23H34N6O9/c24-8-2-1-3-15(23(37)38)27-22(36)17(11-19(32)33)29-21(35)16(9-12-4-6-13(30)7-5-12)28-20(34)14(25)10-18(26)31/h4-7,14-17,30H,1-3,8-11,24-25H2,(H2,26,31)(H,27,36)(H,28,34)(H,29,35)(H,32,33)(H,37,38). The number of amides is 4. The molecular formula is C23H34N6O9. The number of phenols is 1. The fourth-order valence-corrected chi connectivity index (χ4v) is 3.34. The van der Waals surface area contributed by atoms with Crippen LogP contribution in [-0.2, 0) is 35.2 Å². The van der Waals surface area contributed by atoms with Crippen molar-refractivity contribution in [3.05, 3.63) is 29.8 Å². The molecular weight excluding hydrogens is 504 g/mol. The van der Waals surface area contributed by atoms with Crippen molar-refractivity contribution in [2.45, 2.75) is 62.7 Å². The topological polar surface area (TPSA) is 277 Å². The summed E-state index contributed by atoms with van der Waals surface area (Å²) >= 11 is 0. The van der Waals surface area contributed by atoms with Gasteiger partial charge in [-0.15, -0.1) is 0 Å². The maximum absolute atomic E-state index is 13.1. The van der Waals surface area contributed by atoms with Gasteiger partial charge >= 0.3 is 11.9 Å². The summed E-state index contributed by atoms with van der Waals surface area (Å²) in [6.07, 6.45) is -0.637. The number of benzene rings is 1. The summed E-state index contributed by atoms with van der Waals surface area (Å²) in [6, 6.07) is -0.210. The van der Waals surface area contributed by atoms with Crippen molar-refractivity contribution in [2.75, 3.05) is 6.54 Å². The Bertz CT molecular complexity index is 1000. The van der Waals surface area contributed by atoms with Crippen molar-refractivity contribution >= 4 is 35.6 Å². The molecule has 210 valence electrons. The summed E-state index contributed by atoms with van der Waals surface area (Å²) in [6.45, 7) is 0.315. The van der Waals surface area contributed by atoms with Crippen LogP contribution in [0, 0.1) is 0 Å². The zero-order valence-electron chi connectivity index (χ0n) is 20.6. The maximum atomic E-state index is 13.1.